The van der Waals surface area contributed by atoms with Crippen LogP contribution in [0.3, 0.4) is 0 Å². The van der Waals surface area contributed by atoms with Gasteiger partial charge in [-0.1, -0.05) is 13.8 Å². The van der Waals surface area contributed by atoms with Gasteiger partial charge >= 0.3 is 5.97 Å². The lowest BCUT2D eigenvalue weighted by Gasteiger charge is -2.31. The standard InChI is InChI=1S/C14H24N4O2S/c1-10(2)13-16-14(21-17-13)15-7-11-5-4-6-18(8-11)9-12(19)20-3/h10-11H,4-9H2,1-3H3,(H,15,16,17)/t11-/m0/s1. The summed E-state index contributed by atoms with van der Waals surface area (Å²) in [6.45, 7) is 7.36. The highest BCUT2D eigenvalue weighted by atomic mass is 32.1. The molecule has 1 fully saturated rings. The van der Waals surface area contributed by atoms with Gasteiger partial charge in [0.05, 0.1) is 13.7 Å². The zero-order valence-electron chi connectivity index (χ0n) is 13.0. The van der Waals surface area contributed by atoms with Gasteiger partial charge in [0.15, 0.2) is 0 Å². The van der Waals surface area contributed by atoms with E-state index in [1.54, 1.807) is 0 Å². The second-order valence-corrected chi connectivity index (χ2v) is 6.56. The van der Waals surface area contributed by atoms with Gasteiger partial charge in [-0.2, -0.15) is 4.37 Å². The van der Waals surface area contributed by atoms with E-state index in [-0.39, 0.29) is 5.97 Å². The average Bonchev–Trinajstić information content (AvgIpc) is 2.94. The molecule has 0 aromatic carbocycles. The summed E-state index contributed by atoms with van der Waals surface area (Å²) in [5, 5.41) is 4.27. The van der Waals surface area contributed by atoms with E-state index < -0.39 is 0 Å². The first kappa shape index (κ1) is 16.2. The van der Waals surface area contributed by atoms with Crippen molar-refractivity contribution in [3.63, 3.8) is 0 Å². The Morgan fingerprint density at radius 2 is 2.38 bits per heavy atom. The fourth-order valence-electron chi connectivity index (χ4n) is 2.48. The van der Waals surface area contributed by atoms with Gasteiger partial charge in [0, 0.05) is 30.5 Å². The van der Waals surface area contributed by atoms with Gasteiger partial charge in [0.25, 0.3) is 0 Å². The van der Waals surface area contributed by atoms with Crippen molar-refractivity contribution in [3.8, 4) is 0 Å². The fourth-order valence-corrected chi connectivity index (χ4v) is 3.20. The van der Waals surface area contributed by atoms with E-state index in [4.69, 9.17) is 4.74 Å². The second kappa shape index (κ2) is 7.70. The van der Waals surface area contributed by atoms with Crippen LogP contribution in [-0.4, -0.2) is 53.5 Å². The topological polar surface area (TPSA) is 67.3 Å². The van der Waals surface area contributed by atoms with Gasteiger partial charge in [-0.25, -0.2) is 4.98 Å². The molecule has 2 heterocycles. The molecule has 7 heteroatoms. The van der Waals surface area contributed by atoms with E-state index in [1.807, 2.05) is 0 Å². The van der Waals surface area contributed by atoms with Crippen LogP contribution < -0.4 is 5.32 Å². The van der Waals surface area contributed by atoms with Gasteiger partial charge in [-0.05, 0) is 25.3 Å². The minimum atomic E-state index is -0.158. The number of ether oxygens (including phenoxy) is 1. The third-order valence-corrected chi connectivity index (χ3v) is 4.37. The molecule has 0 amide bonds. The molecule has 6 nitrogen and oxygen atoms in total. The van der Waals surface area contributed by atoms with Gasteiger partial charge < -0.3 is 10.1 Å². The Kier molecular flexibility index (Phi) is 5.93. The molecule has 0 spiro atoms. The average molecular weight is 312 g/mol. The van der Waals surface area contributed by atoms with Gasteiger partial charge in [-0.15, -0.1) is 0 Å². The van der Waals surface area contributed by atoms with Crippen molar-refractivity contribution in [2.45, 2.75) is 32.6 Å². The highest BCUT2D eigenvalue weighted by Crippen LogP contribution is 2.20. The molecule has 0 bridgehead atoms. The number of carbonyl (C=O) groups excluding carboxylic acids is 1. The number of nitrogens with zero attached hydrogens (tertiary/aromatic N) is 3. The van der Waals surface area contributed by atoms with Gasteiger partial charge in [0.1, 0.15) is 5.82 Å². The summed E-state index contributed by atoms with van der Waals surface area (Å²) in [4.78, 5) is 18.0. The van der Waals surface area contributed by atoms with Crippen molar-refractivity contribution < 1.29 is 9.53 Å². The molecule has 21 heavy (non-hydrogen) atoms. The molecule has 118 valence electrons. The molecule has 1 aliphatic heterocycles. The molecule has 1 N–H and O–H groups in total. The van der Waals surface area contributed by atoms with E-state index in [1.165, 1.54) is 25.1 Å². The van der Waals surface area contributed by atoms with Crippen LogP contribution in [0.15, 0.2) is 0 Å². The Labute approximate surface area is 130 Å². The van der Waals surface area contributed by atoms with Crippen molar-refractivity contribution in [2.24, 2.45) is 5.92 Å². The lowest BCUT2D eigenvalue weighted by molar-refractivity contribution is -0.142. The largest absolute Gasteiger partial charge is 0.468 e. The van der Waals surface area contributed by atoms with Crippen LogP contribution in [0, 0.1) is 5.92 Å². The summed E-state index contributed by atoms with van der Waals surface area (Å²) in [7, 11) is 1.44. The Balaban J connectivity index is 1.78. The maximum absolute atomic E-state index is 11.3. The van der Waals surface area contributed by atoms with Crippen LogP contribution in [-0.2, 0) is 9.53 Å². The number of carbonyl (C=O) groups is 1. The van der Waals surface area contributed by atoms with Crippen LogP contribution in [0.1, 0.15) is 38.4 Å². The van der Waals surface area contributed by atoms with E-state index in [9.17, 15) is 4.79 Å². The third kappa shape index (κ3) is 4.93. The van der Waals surface area contributed by atoms with E-state index in [0.717, 1.165) is 37.0 Å². The Morgan fingerprint density at radius 3 is 3.05 bits per heavy atom. The van der Waals surface area contributed by atoms with E-state index in [0.29, 0.717) is 18.4 Å². The normalized spacial score (nSPS) is 19.7. The zero-order valence-corrected chi connectivity index (χ0v) is 13.8. The SMILES string of the molecule is COC(=O)CN1CCC[C@@H](CNc2nc(C(C)C)ns2)C1. The predicted molar refractivity (Wildman–Crippen MR) is 83.7 cm³/mol. The summed E-state index contributed by atoms with van der Waals surface area (Å²) in [5.74, 6) is 1.64. The number of nitrogens with one attached hydrogen (secondary N) is 1. The van der Waals surface area contributed by atoms with E-state index >= 15 is 0 Å². The van der Waals surface area contributed by atoms with Crippen molar-refractivity contribution in [2.75, 3.05) is 38.6 Å². The third-order valence-electron chi connectivity index (χ3n) is 3.68. The lowest BCUT2D eigenvalue weighted by Crippen LogP contribution is -2.41. The minimum absolute atomic E-state index is 0.158. The molecule has 0 saturated carbocycles. The number of methoxy groups -OCH3 is 1. The maximum Gasteiger partial charge on any atom is 0.319 e. The maximum atomic E-state index is 11.3. The zero-order chi connectivity index (χ0) is 15.2. The second-order valence-electron chi connectivity index (χ2n) is 5.81. The molecular weight excluding hydrogens is 288 g/mol. The number of hydrogen-bond donors (Lipinski definition) is 1. The molecule has 0 unspecified atom stereocenters. The van der Waals surface area contributed by atoms with E-state index in [2.05, 4.69) is 33.4 Å². The molecule has 1 aliphatic rings. The lowest BCUT2D eigenvalue weighted by atomic mass is 9.98. The number of esters is 1. The summed E-state index contributed by atoms with van der Waals surface area (Å²) in [5.41, 5.74) is 0. The van der Waals surface area contributed by atoms with Gasteiger partial charge in [0.2, 0.25) is 5.13 Å². The number of likely N-dealkylation sites (tertiary alicyclic amines) is 1. The Bertz CT molecular complexity index is 464. The summed E-state index contributed by atoms with van der Waals surface area (Å²) in [6, 6.07) is 0. The van der Waals surface area contributed by atoms with Crippen LogP contribution in [0.2, 0.25) is 0 Å². The number of hydrogen-bond acceptors (Lipinski definition) is 7. The van der Waals surface area contributed by atoms with Crippen LogP contribution in [0.25, 0.3) is 0 Å². The fraction of sp³-hybridized carbons (Fsp3) is 0.786. The first-order valence-corrected chi connectivity index (χ1v) is 8.22. The van der Waals surface area contributed by atoms with Crippen molar-refractivity contribution >= 4 is 22.6 Å². The van der Waals surface area contributed by atoms with Crippen molar-refractivity contribution in [3.05, 3.63) is 5.82 Å². The number of piperidine rings is 1. The van der Waals surface area contributed by atoms with Crippen LogP contribution in [0.5, 0.6) is 0 Å². The minimum Gasteiger partial charge on any atom is -0.468 e. The molecule has 0 aliphatic carbocycles. The highest BCUT2D eigenvalue weighted by Gasteiger charge is 2.22. The van der Waals surface area contributed by atoms with Crippen LogP contribution in [0.4, 0.5) is 5.13 Å². The summed E-state index contributed by atoms with van der Waals surface area (Å²) in [6.07, 6.45) is 2.30. The number of aromatic nitrogens is 2. The van der Waals surface area contributed by atoms with Crippen molar-refractivity contribution in [1.29, 1.82) is 0 Å². The Morgan fingerprint density at radius 1 is 1.57 bits per heavy atom. The Hall–Kier alpha value is -1.21. The number of anilines is 1. The first-order chi connectivity index (χ1) is 10.1. The van der Waals surface area contributed by atoms with Gasteiger partial charge in [-0.3, -0.25) is 9.69 Å². The number of rotatable bonds is 6. The quantitative estimate of drug-likeness (QED) is 0.810. The molecule has 1 aromatic rings. The summed E-state index contributed by atoms with van der Waals surface area (Å²) < 4.78 is 9.07. The van der Waals surface area contributed by atoms with Crippen molar-refractivity contribution in [1.82, 2.24) is 14.3 Å². The highest BCUT2D eigenvalue weighted by molar-refractivity contribution is 7.09. The monoisotopic (exact) mass is 312 g/mol. The molecule has 1 atom stereocenters. The first-order valence-electron chi connectivity index (χ1n) is 7.45. The molecule has 2 rings (SSSR count). The summed E-state index contributed by atoms with van der Waals surface area (Å²) >= 11 is 1.42. The molecule has 0 radical (unpaired) electrons. The van der Waals surface area contributed by atoms with Crippen LogP contribution >= 0.6 is 11.5 Å². The molecular formula is C14H24N4O2S. The predicted octanol–water partition coefficient (Wildman–Crippen LogP) is 1.96. The molecule has 1 saturated heterocycles. The molecule has 1 aromatic heterocycles. The smallest absolute Gasteiger partial charge is 0.319 e.